The Bertz CT molecular complexity index is 3470. The van der Waals surface area contributed by atoms with E-state index in [1.165, 1.54) is 38.9 Å². The minimum absolute atomic E-state index is 0.0193. The molecule has 0 fully saturated rings. The molecule has 0 atom stereocenters. The van der Waals surface area contributed by atoms with Crippen molar-refractivity contribution in [2.45, 2.75) is 136 Å². The van der Waals surface area contributed by atoms with Gasteiger partial charge in [0.05, 0.1) is 28.2 Å². The molecule has 1 aliphatic rings. The van der Waals surface area contributed by atoms with Crippen LogP contribution in [0.2, 0.25) is 0 Å². The van der Waals surface area contributed by atoms with Gasteiger partial charge in [0.1, 0.15) is 11.5 Å². The summed E-state index contributed by atoms with van der Waals surface area (Å²) in [6.07, 6.45) is 3.85. The summed E-state index contributed by atoms with van der Waals surface area (Å²) >= 11 is 0. The van der Waals surface area contributed by atoms with E-state index in [1.54, 1.807) is 0 Å². The van der Waals surface area contributed by atoms with E-state index in [-0.39, 0.29) is 27.1 Å². The third kappa shape index (κ3) is 10.4. The molecule has 0 saturated heterocycles. The highest BCUT2D eigenvalue weighted by atomic mass is 16.5. The number of fused-ring (bicyclic) bond motifs is 2. The van der Waals surface area contributed by atoms with Crippen LogP contribution in [0.3, 0.4) is 0 Å². The molecular weight excluding hydrogens is 949 g/mol. The quantitative estimate of drug-likeness (QED) is 0.144. The predicted octanol–water partition coefficient (Wildman–Crippen LogP) is 20.1. The molecule has 2 aromatic heterocycles. The molecule has 5 heteroatoms. The van der Waals surface area contributed by atoms with Crippen molar-refractivity contribution in [1.29, 1.82) is 0 Å². The van der Waals surface area contributed by atoms with Gasteiger partial charge in [-0.05, 0) is 169 Å². The Kier molecular flexibility index (Phi) is 13.7. The van der Waals surface area contributed by atoms with E-state index in [1.807, 2.05) is 24.5 Å². The van der Waals surface area contributed by atoms with Crippen LogP contribution in [-0.4, -0.2) is 9.97 Å². The highest BCUT2D eigenvalue weighted by Crippen LogP contribution is 2.59. The summed E-state index contributed by atoms with van der Waals surface area (Å²) in [7, 11) is 0. The average molecular weight is 1030 g/mol. The Labute approximate surface area is 466 Å². The van der Waals surface area contributed by atoms with Crippen LogP contribution in [-0.2, 0) is 32.5 Å². The van der Waals surface area contributed by atoms with Crippen LogP contribution in [0.25, 0.3) is 11.3 Å². The maximum absolute atomic E-state index is 7.04. The van der Waals surface area contributed by atoms with Gasteiger partial charge in [-0.1, -0.05) is 195 Å². The number of ether oxygens (including phenoxy) is 1. The van der Waals surface area contributed by atoms with E-state index in [4.69, 9.17) is 14.7 Å². The lowest BCUT2D eigenvalue weighted by Gasteiger charge is -2.47. The van der Waals surface area contributed by atoms with Gasteiger partial charge >= 0.3 is 0 Å². The minimum Gasteiger partial charge on any atom is -0.457 e. The maximum Gasteiger partial charge on any atom is 0.128 e. The molecule has 0 unspecified atom stereocenters. The SMILES string of the molecule is CC(C)(C)c1ccc(N(c2ccc(C(C)(C)C)cc2)c2ccnc(-c3cccc(Oc4cccc(C5(c6ccccn6)c6cc(C(C)(C)C)ccc6N(c6ccc(C(C)(C)C)cc6)c6ccc(C(C)(C)C)cc65)c4)c3)c2)cc1. The molecular formula is C73H78N4O. The van der Waals surface area contributed by atoms with E-state index < -0.39 is 5.41 Å². The molecule has 78 heavy (non-hydrogen) atoms. The van der Waals surface area contributed by atoms with Crippen LogP contribution in [0.1, 0.15) is 154 Å². The van der Waals surface area contributed by atoms with Gasteiger partial charge in [-0.3, -0.25) is 9.97 Å². The Hall–Kier alpha value is -7.76. The van der Waals surface area contributed by atoms with Gasteiger partial charge < -0.3 is 14.5 Å². The van der Waals surface area contributed by atoms with Gasteiger partial charge in [0.2, 0.25) is 0 Å². The van der Waals surface area contributed by atoms with Crippen molar-refractivity contribution < 1.29 is 4.74 Å². The first-order chi connectivity index (χ1) is 36.8. The first kappa shape index (κ1) is 53.6. The Morgan fingerprint density at radius 1 is 0.385 bits per heavy atom. The highest BCUT2D eigenvalue weighted by Gasteiger charge is 2.49. The first-order valence-electron chi connectivity index (χ1n) is 27.8. The second-order valence-electron chi connectivity index (χ2n) is 26.5. The van der Waals surface area contributed by atoms with Gasteiger partial charge in [-0.2, -0.15) is 0 Å². The molecule has 1 aliphatic heterocycles. The molecule has 7 aromatic carbocycles. The molecule has 396 valence electrons. The van der Waals surface area contributed by atoms with Crippen LogP contribution >= 0.6 is 0 Å². The number of hydrogen-bond donors (Lipinski definition) is 0. The second-order valence-corrected chi connectivity index (χ2v) is 26.5. The molecule has 5 nitrogen and oxygen atoms in total. The fourth-order valence-corrected chi connectivity index (χ4v) is 11.0. The van der Waals surface area contributed by atoms with Crippen LogP contribution in [0, 0.1) is 0 Å². The van der Waals surface area contributed by atoms with Gasteiger partial charge in [0.15, 0.2) is 0 Å². The number of hydrogen-bond acceptors (Lipinski definition) is 5. The fourth-order valence-electron chi connectivity index (χ4n) is 11.0. The van der Waals surface area contributed by atoms with Crippen LogP contribution < -0.4 is 14.5 Å². The third-order valence-electron chi connectivity index (χ3n) is 15.7. The number of rotatable bonds is 9. The zero-order valence-electron chi connectivity index (χ0n) is 48.7. The molecule has 9 aromatic rings. The van der Waals surface area contributed by atoms with Crippen molar-refractivity contribution in [1.82, 2.24) is 9.97 Å². The summed E-state index contributed by atoms with van der Waals surface area (Å²) in [5, 5.41) is 0. The van der Waals surface area contributed by atoms with Crippen molar-refractivity contribution in [2.75, 3.05) is 9.80 Å². The second kappa shape index (κ2) is 19.9. The fraction of sp³-hybridized carbons (Fsp3) is 0.288. The topological polar surface area (TPSA) is 41.5 Å². The lowest BCUT2D eigenvalue weighted by atomic mass is 9.62. The zero-order chi connectivity index (χ0) is 55.6. The summed E-state index contributed by atoms with van der Waals surface area (Å²) in [4.78, 5) is 15.1. The van der Waals surface area contributed by atoms with E-state index >= 15 is 0 Å². The standard InChI is InChI=1S/C73H78N4O/c1-68(2,3)50-25-33-56(34-26-50)76(57-35-27-51(28-36-57)69(4,5)6)59-41-43-74-64(48-59)49-20-18-22-60(44-49)78-61-23-19-21-55(45-61)73(67-24-16-17-42-75-67)62-46-53(71(10,11)12)31-39-65(62)77(58-37-29-52(30-38-58)70(7,8)9)66-40-32-54(47-63(66)73)72(13,14)15/h16-48H,1-15H3. The van der Waals surface area contributed by atoms with Crippen molar-refractivity contribution in [3.05, 3.63) is 251 Å². The Morgan fingerprint density at radius 2 is 0.859 bits per heavy atom. The van der Waals surface area contributed by atoms with Gasteiger partial charge in [0, 0.05) is 40.7 Å². The summed E-state index contributed by atoms with van der Waals surface area (Å²) in [5.41, 5.74) is 18.0. The summed E-state index contributed by atoms with van der Waals surface area (Å²) in [5.74, 6) is 1.45. The molecule has 0 bridgehead atoms. The van der Waals surface area contributed by atoms with E-state index in [0.717, 1.165) is 68.1 Å². The number of pyridine rings is 2. The lowest BCUT2D eigenvalue weighted by Crippen LogP contribution is -2.39. The highest BCUT2D eigenvalue weighted by molar-refractivity contribution is 5.90. The molecule has 0 aliphatic carbocycles. The van der Waals surface area contributed by atoms with Gasteiger partial charge in [0.25, 0.3) is 0 Å². The van der Waals surface area contributed by atoms with Crippen LogP contribution in [0.4, 0.5) is 34.1 Å². The van der Waals surface area contributed by atoms with Crippen LogP contribution in [0.5, 0.6) is 11.5 Å². The monoisotopic (exact) mass is 1030 g/mol. The Morgan fingerprint density at radius 3 is 1.35 bits per heavy atom. The first-order valence-corrected chi connectivity index (χ1v) is 27.8. The largest absolute Gasteiger partial charge is 0.457 e. The van der Waals surface area contributed by atoms with Crippen molar-refractivity contribution in [3.8, 4) is 22.8 Å². The van der Waals surface area contributed by atoms with Crippen molar-refractivity contribution in [2.24, 2.45) is 0 Å². The Balaban J connectivity index is 1.10. The molecule has 10 rings (SSSR count). The van der Waals surface area contributed by atoms with Crippen molar-refractivity contribution >= 4 is 34.1 Å². The summed E-state index contributed by atoms with van der Waals surface area (Å²) < 4.78 is 7.04. The van der Waals surface area contributed by atoms with E-state index in [9.17, 15) is 0 Å². The van der Waals surface area contributed by atoms with Gasteiger partial charge in [-0.25, -0.2) is 0 Å². The zero-order valence-corrected chi connectivity index (χ0v) is 48.7. The molecule has 0 radical (unpaired) electrons. The van der Waals surface area contributed by atoms with E-state index in [2.05, 4.69) is 290 Å². The van der Waals surface area contributed by atoms with E-state index in [0.29, 0.717) is 0 Å². The number of aromatic nitrogens is 2. The number of nitrogens with zero attached hydrogens (tertiary/aromatic N) is 4. The normalized spacial score (nSPS) is 13.7. The molecule has 3 heterocycles. The maximum atomic E-state index is 7.04. The molecule has 0 amide bonds. The van der Waals surface area contributed by atoms with Gasteiger partial charge in [-0.15, -0.1) is 0 Å². The minimum atomic E-state index is -0.853. The third-order valence-corrected chi connectivity index (χ3v) is 15.7. The summed E-state index contributed by atoms with van der Waals surface area (Å²) in [6.45, 7) is 34.2. The average Bonchev–Trinajstić information content (AvgIpc) is 3.45. The molecule has 0 saturated carbocycles. The molecule has 0 spiro atoms. The number of benzene rings is 7. The summed E-state index contributed by atoms with van der Waals surface area (Å²) in [6, 6.07) is 69.0. The number of anilines is 6. The molecule has 0 N–H and O–H groups in total. The van der Waals surface area contributed by atoms with Crippen LogP contribution in [0.15, 0.2) is 200 Å². The predicted molar refractivity (Wildman–Crippen MR) is 329 cm³/mol. The van der Waals surface area contributed by atoms with Crippen molar-refractivity contribution in [3.63, 3.8) is 0 Å². The lowest BCUT2D eigenvalue weighted by molar-refractivity contribution is 0.481. The smallest absolute Gasteiger partial charge is 0.128 e.